The van der Waals surface area contributed by atoms with Crippen LogP contribution in [0.1, 0.15) is 39.0 Å². The molecule has 1 aliphatic rings. The van der Waals surface area contributed by atoms with Crippen molar-refractivity contribution in [2.75, 3.05) is 20.8 Å². The van der Waals surface area contributed by atoms with E-state index in [1.54, 1.807) is 29.9 Å². The fourth-order valence-corrected chi connectivity index (χ4v) is 4.99. The number of fused-ring (bicyclic) bond motifs is 1. The third-order valence-corrected chi connectivity index (χ3v) is 6.81. The first-order chi connectivity index (χ1) is 13.9. The maximum atomic E-state index is 13.0. The Kier molecular flexibility index (Phi) is 7.60. The van der Waals surface area contributed by atoms with Crippen molar-refractivity contribution in [2.45, 2.75) is 62.0 Å². The molecule has 0 spiro atoms. The number of hydrogen-bond acceptors (Lipinski definition) is 5. The van der Waals surface area contributed by atoms with Crippen molar-refractivity contribution in [3.8, 4) is 0 Å². The molecule has 0 aliphatic heterocycles. The summed E-state index contributed by atoms with van der Waals surface area (Å²) in [4.78, 5) is 32.6. The van der Waals surface area contributed by atoms with Crippen LogP contribution in [0.5, 0.6) is 0 Å². The zero-order chi connectivity index (χ0) is 21.0. The monoisotopic (exact) mass is 437 g/mol. The summed E-state index contributed by atoms with van der Waals surface area (Å²) in [5, 5.41) is 1.20. The molecule has 0 saturated heterocycles. The number of ether oxygens (including phenoxy) is 1. The zero-order valence-corrected chi connectivity index (χ0v) is 18.8. The Morgan fingerprint density at radius 2 is 2.10 bits per heavy atom. The van der Waals surface area contributed by atoms with Gasteiger partial charge in [0.15, 0.2) is 5.16 Å². The number of amides is 1. The molecule has 0 radical (unpaired) electrons. The third-order valence-electron chi connectivity index (χ3n) is 5.50. The lowest BCUT2D eigenvalue weighted by Gasteiger charge is -2.32. The Bertz CT molecular complexity index is 927. The van der Waals surface area contributed by atoms with Crippen LogP contribution in [0.3, 0.4) is 0 Å². The van der Waals surface area contributed by atoms with Gasteiger partial charge in [-0.3, -0.25) is 14.2 Å². The van der Waals surface area contributed by atoms with E-state index in [1.807, 2.05) is 18.9 Å². The minimum absolute atomic E-state index is 0.0700. The molecule has 6 nitrogen and oxygen atoms in total. The SMILES string of the molecule is COCCn1c(SC(C)C(=O)N(C)C2CCCCC2)nc2cc(Cl)ccc2c1=O. The van der Waals surface area contributed by atoms with E-state index in [1.165, 1.54) is 31.0 Å². The fourth-order valence-electron chi connectivity index (χ4n) is 3.79. The summed E-state index contributed by atoms with van der Waals surface area (Å²) in [5.41, 5.74) is 0.394. The molecule has 158 valence electrons. The molecule has 1 unspecified atom stereocenters. The van der Waals surface area contributed by atoms with Gasteiger partial charge >= 0.3 is 0 Å². The van der Waals surface area contributed by atoms with Crippen molar-refractivity contribution < 1.29 is 9.53 Å². The molecule has 0 bridgehead atoms. The highest BCUT2D eigenvalue weighted by Crippen LogP contribution is 2.27. The van der Waals surface area contributed by atoms with E-state index >= 15 is 0 Å². The van der Waals surface area contributed by atoms with Gasteiger partial charge in [-0.15, -0.1) is 0 Å². The van der Waals surface area contributed by atoms with Gasteiger partial charge in [0.2, 0.25) is 5.91 Å². The second-order valence-electron chi connectivity index (χ2n) is 7.51. The standard InChI is InChI=1S/C21H28ClN3O3S/c1-14(19(26)24(2)16-7-5-4-6-8-16)29-21-23-18-13-15(22)9-10-17(18)20(27)25(21)11-12-28-3/h9-10,13-14,16H,4-8,11-12H2,1-3H3. The quantitative estimate of drug-likeness (QED) is 0.484. The summed E-state index contributed by atoms with van der Waals surface area (Å²) in [7, 11) is 3.48. The Balaban J connectivity index is 1.88. The topological polar surface area (TPSA) is 64.4 Å². The van der Waals surface area contributed by atoms with E-state index in [2.05, 4.69) is 4.98 Å². The largest absolute Gasteiger partial charge is 0.383 e. The van der Waals surface area contributed by atoms with E-state index in [0.717, 1.165) is 12.8 Å². The maximum absolute atomic E-state index is 13.0. The van der Waals surface area contributed by atoms with Crippen LogP contribution in [-0.2, 0) is 16.1 Å². The lowest BCUT2D eigenvalue weighted by atomic mass is 9.94. The van der Waals surface area contributed by atoms with Crippen molar-refractivity contribution in [2.24, 2.45) is 0 Å². The molecule has 1 amide bonds. The first kappa shape index (κ1) is 22.1. The minimum atomic E-state index is -0.348. The number of hydrogen-bond donors (Lipinski definition) is 0. The Morgan fingerprint density at radius 1 is 1.38 bits per heavy atom. The number of carbonyl (C=O) groups excluding carboxylic acids is 1. The number of methoxy groups -OCH3 is 1. The minimum Gasteiger partial charge on any atom is -0.383 e. The van der Waals surface area contributed by atoms with Gasteiger partial charge in [0.05, 0.1) is 29.3 Å². The van der Waals surface area contributed by atoms with E-state index < -0.39 is 0 Å². The van der Waals surface area contributed by atoms with Gasteiger partial charge in [-0.25, -0.2) is 4.98 Å². The lowest BCUT2D eigenvalue weighted by Crippen LogP contribution is -2.42. The summed E-state index contributed by atoms with van der Waals surface area (Å²) in [5.74, 6) is 0.0700. The number of thioether (sulfide) groups is 1. The highest BCUT2D eigenvalue weighted by molar-refractivity contribution is 8.00. The van der Waals surface area contributed by atoms with Gasteiger partial charge in [0, 0.05) is 25.2 Å². The van der Waals surface area contributed by atoms with Crippen molar-refractivity contribution in [1.82, 2.24) is 14.5 Å². The smallest absolute Gasteiger partial charge is 0.262 e. The van der Waals surface area contributed by atoms with Gasteiger partial charge in [-0.2, -0.15) is 0 Å². The van der Waals surface area contributed by atoms with Crippen LogP contribution >= 0.6 is 23.4 Å². The fraction of sp³-hybridized carbons (Fsp3) is 0.571. The highest BCUT2D eigenvalue weighted by atomic mass is 35.5. The van der Waals surface area contributed by atoms with Crippen LogP contribution in [0, 0.1) is 0 Å². The summed E-state index contributed by atoms with van der Waals surface area (Å²) in [6, 6.07) is 5.37. The van der Waals surface area contributed by atoms with Gasteiger partial charge in [-0.1, -0.05) is 42.6 Å². The molecule has 1 aromatic heterocycles. The van der Waals surface area contributed by atoms with Crippen molar-refractivity contribution in [3.05, 3.63) is 33.6 Å². The molecule has 1 saturated carbocycles. The molecule has 2 aromatic rings. The van der Waals surface area contributed by atoms with E-state index in [9.17, 15) is 9.59 Å². The molecular formula is C21H28ClN3O3S. The first-order valence-electron chi connectivity index (χ1n) is 10.0. The molecule has 1 heterocycles. The van der Waals surface area contributed by atoms with Crippen molar-refractivity contribution in [1.29, 1.82) is 0 Å². The summed E-state index contributed by atoms with van der Waals surface area (Å²) < 4.78 is 6.76. The molecule has 1 fully saturated rings. The van der Waals surface area contributed by atoms with E-state index in [4.69, 9.17) is 16.3 Å². The Hall–Kier alpha value is -1.57. The predicted molar refractivity (Wildman–Crippen MR) is 118 cm³/mol. The molecular weight excluding hydrogens is 410 g/mol. The van der Waals surface area contributed by atoms with Crippen molar-refractivity contribution in [3.63, 3.8) is 0 Å². The Morgan fingerprint density at radius 3 is 2.79 bits per heavy atom. The van der Waals surface area contributed by atoms with Crippen LogP contribution in [0.25, 0.3) is 10.9 Å². The molecule has 1 aliphatic carbocycles. The van der Waals surface area contributed by atoms with Crippen molar-refractivity contribution >= 4 is 40.2 Å². The molecule has 3 rings (SSSR count). The third kappa shape index (κ3) is 5.13. The van der Waals surface area contributed by atoms with E-state index in [0.29, 0.717) is 40.3 Å². The van der Waals surface area contributed by atoms with Crippen LogP contribution in [0.15, 0.2) is 28.2 Å². The molecule has 29 heavy (non-hydrogen) atoms. The van der Waals surface area contributed by atoms with Gasteiger partial charge in [-0.05, 0) is 38.0 Å². The zero-order valence-electron chi connectivity index (χ0n) is 17.2. The second kappa shape index (κ2) is 9.96. The summed E-state index contributed by atoms with van der Waals surface area (Å²) in [6.45, 7) is 2.64. The number of carbonyl (C=O) groups is 1. The normalized spacial score (nSPS) is 16.1. The molecule has 1 atom stereocenters. The van der Waals surface area contributed by atoms with Crippen LogP contribution in [-0.4, -0.2) is 52.4 Å². The average molecular weight is 438 g/mol. The molecule has 0 N–H and O–H groups in total. The van der Waals surface area contributed by atoms with Gasteiger partial charge < -0.3 is 9.64 Å². The molecule has 8 heteroatoms. The predicted octanol–water partition coefficient (Wildman–Crippen LogP) is 3.97. The van der Waals surface area contributed by atoms with Gasteiger partial charge in [0.1, 0.15) is 0 Å². The van der Waals surface area contributed by atoms with Crippen LogP contribution in [0.4, 0.5) is 0 Å². The number of benzene rings is 1. The maximum Gasteiger partial charge on any atom is 0.262 e. The average Bonchev–Trinajstić information content (AvgIpc) is 2.72. The first-order valence-corrected chi connectivity index (χ1v) is 11.3. The lowest BCUT2D eigenvalue weighted by molar-refractivity contribution is -0.131. The summed E-state index contributed by atoms with van der Waals surface area (Å²) >= 11 is 7.41. The van der Waals surface area contributed by atoms with Gasteiger partial charge in [0.25, 0.3) is 5.56 Å². The molecule has 1 aromatic carbocycles. The summed E-state index contributed by atoms with van der Waals surface area (Å²) in [6.07, 6.45) is 5.72. The number of rotatable bonds is 7. The second-order valence-corrected chi connectivity index (χ2v) is 9.25. The number of aromatic nitrogens is 2. The van der Waals surface area contributed by atoms with E-state index in [-0.39, 0.29) is 16.7 Å². The van der Waals surface area contributed by atoms with Crippen LogP contribution in [0.2, 0.25) is 5.02 Å². The number of halogens is 1. The Labute approximate surface area is 180 Å². The number of nitrogens with zero attached hydrogens (tertiary/aromatic N) is 3. The highest BCUT2D eigenvalue weighted by Gasteiger charge is 2.27. The van der Waals surface area contributed by atoms with Crippen LogP contribution < -0.4 is 5.56 Å².